The quantitative estimate of drug-likeness (QED) is 0.737. The number of hydrogen-bond donors (Lipinski definition) is 2. The van der Waals surface area contributed by atoms with Crippen molar-refractivity contribution >= 4 is 11.8 Å². The van der Waals surface area contributed by atoms with Crippen LogP contribution in [0.5, 0.6) is 5.75 Å². The molecule has 2 fully saturated rings. The molecule has 4 rings (SSSR count). The second-order valence-corrected chi connectivity index (χ2v) is 7.07. The van der Waals surface area contributed by atoms with Gasteiger partial charge in [-0.25, -0.2) is 10.4 Å². The number of phenolic OH excluding ortho intramolecular Hbond substituents is 1. The lowest BCUT2D eigenvalue weighted by molar-refractivity contribution is -0.142. The number of likely N-dealkylation sites (tertiary alicyclic amines) is 1. The Morgan fingerprint density at radius 3 is 2.46 bits per heavy atom. The molecule has 0 aliphatic carbocycles. The summed E-state index contributed by atoms with van der Waals surface area (Å²) in [5.74, 6) is -0.950. The second kappa shape index (κ2) is 7.71. The summed E-state index contributed by atoms with van der Waals surface area (Å²) >= 11 is 0. The molecular formula is C21H23N3O4. The van der Waals surface area contributed by atoms with E-state index in [1.54, 1.807) is 25.3 Å². The molecule has 2 amide bonds. The van der Waals surface area contributed by atoms with E-state index >= 15 is 0 Å². The van der Waals surface area contributed by atoms with Crippen molar-refractivity contribution in [1.82, 2.24) is 15.3 Å². The first kappa shape index (κ1) is 18.6. The van der Waals surface area contributed by atoms with Crippen molar-refractivity contribution in [2.24, 2.45) is 5.92 Å². The fraction of sp³-hybridized carbons (Fsp3) is 0.333. The van der Waals surface area contributed by atoms with Crippen LogP contribution >= 0.6 is 0 Å². The van der Waals surface area contributed by atoms with Crippen LogP contribution in [-0.2, 0) is 20.9 Å². The Balaban J connectivity index is 1.69. The van der Waals surface area contributed by atoms with Gasteiger partial charge in [-0.3, -0.25) is 14.5 Å². The summed E-state index contributed by atoms with van der Waals surface area (Å²) in [4.78, 5) is 27.5. The van der Waals surface area contributed by atoms with Crippen LogP contribution in [0.15, 0.2) is 54.6 Å². The largest absolute Gasteiger partial charge is 0.508 e. The number of hydrogen-bond acceptors (Lipinski definition) is 6. The number of nitrogens with one attached hydrogen (secondary N) is 1. The molecule has 2 aromatic rings. The second-order valence-electron chi connectivity index (χ2n) is 7.07. The number of para-hydroxylation sites is 1. The molecule has 0 radical (unpaired) electrons. The molecule has 2 aliphatic heterocycles. The smallest absolute Gasteiger partial charge is 0.248 e. The van der Waals surface area contributed by atoms with Crippen molar-refractivity contribution in [3.05, 3.63) is 65.7 Å². The molecule has 2 aliphatic rings. The third-order valence-electron chi connectivity index (χ3n) is 5.40. The van der Waals surface area contributed by atoms with Crippen LogP contribution in [0.3, 0.4) is 0 Å². The third-order valence-corrected chi connectivity index (χ3v) is 5.40. The van der Waals surface area contributed by atoms with Gasteiger partial charge in [0.2, 0.25) is 11.8 Å². The zero-order valence-corrected chi connectivity index (χ0v) is 15.6. The molecule has 7 nitrogen and oxygen atoms in total. The zero-order valence-electron chi connectivity index (χ0n) is 15.6. The van der Waals surface area contributed by atoms with Crippen molar-refractivity contribution in [1.29, 1.82) is 0 Å². The molecule has 2 aromatic carbocycles. The number of rotatable bonds is 6. The van der Waals surface area contributed by atoms with Crippen molar-refractivity contribution in [2.75, 3.05) is 20.3 Å². The minimum Gasteiger partial charge on any atom is -0.508 e. The lowest BCUT2D eigenvalue weighted by Gasteiger charge is -2.25. The maximum atomic E-state index is 13.1. The van der Waals surface area contributed by atoms with Gasteiger partial charge in [0.05, 0.1) is 25.1 Å². The number of carbonyl (C=O) groups is 2. The van der Waals surface area contributed by atoms with Gasteiger partial charge in [0.25, 0.3) is 0 Å². The number of methoxy groups -OCH3 is 1. The van der Waals surface area contributed by atoms with Crippen molar-refractivity contribution in [3.8, 4) is 5.75 Å². The van der Waals surface area contributed by atoms with Gasteiger partial charge in [0, 0.05) is 19.2 Å². The average Bonchev–Trinajstić information content (AvgIpc) is 3.18. The van der Waals surface area contributed by atoms with Gasteiger partial charge < -0.3 is 9.84 Å². The predicted molar refractivity (Wildman–Crippen MR) is 102 cm³/mol. The Labute approximate surface area is 163 Å². The molecule has 0 unspecified atom stereocenters. The van der Waals surface area contributed by atoms with Crippen LogP contribution in [0, 0.1) is 5.92 Å². The minimum absolute atomic E-state index is 0.107. The maximum absolute atomic E-state index is 13.1. The van der Waals surface area contributed by atoms with Crippen LogP contribution < -0.4 is 5.43 Å². The van der Waals surface area contributed by atoms with Gasteiger partial charge in [-0.05, 0) is 11.6 Å². The lowest BCUT2D eigenvalue weighted by atomic mass is 9.90. The average molecular weight is 381 g/mol. The van der Waals surface area contributed by atoms with E-state index in [1.807, 2.05) is 41.4 Å². The van der Waals surface area contributed by atoms with E-state index in [0.29, 0.717) is 18.7 Å². The first-order valence-corrected chi connectivity index (χ1v) is 9.30. The van der Waals surface area contributed by atoms with Crippen molar-refractivity contribution in [3.63, 3.8) is 0 Å². The number of imide groups is 1. The maximum Gasteiger partial charge on any atom is 0.248 e. The molecule has 146 valence electrons. The lowest BCUT2D eigenvalue weighted by Crippen LogP contribution is -2.45. The highest BCUT2D eigenvalue weighted by Crippen LogP contribution is 2.42. The van der Waals surface area contributed by atoms with Gasteiger partial charge in [0.15, 0.2) is 0 Å². The van der Waals surface area contributed by atoms with Crippen LogP contribution in [0.2, 0.25) is 0 Å². The number of ether oxygens (including phenoxy) is 1. The van der Waals surface area contributed by atoms with Gasteiger partial charge >= 0.3 is 0 Å². The van der Waals surface area contributed by atoms with E-state index in [2.05, 4.69) is 5.43 Å². The first-order valence-electron chi connectivity index (χ1n) is 9.30. The van der Waals surface area contributed by atoms with Crippen LogP contribution in [0.1, 0.15) is 17.2 Å². The Kier molecular flexibility index (Phi) is 5.13. The summed E-state index contributed by atoms with van der Waals surface area (Å²) in [5.41, 5.74) is 4.95. The highest BCUT2D eigenvalue weighted by atomic mass is 16.5. The van der Waals surface area contributed by atoms with Gasteiger partial charge in [0.1, 0.15) is 11.8 Å². The standard InChI is InChI=1S/C21H23N3O4/c1-28-12-11-23-20(26)17-18(15-9-5-6-10-16(15)25)22-24(19(17)21(23)27)13-14-7-3-2-4-8-14/h2-10,17-19,22,25H,11-13H2,1H3/t17-,18-,19-/m1/s1. The summed E-state index contributed by atoms with van der Waals surface area (Å²) in [7, 11) is 1.54. The Morgan fingerprint density at radius 1 is 1.04 bits per heavy atom. The molecule has 3 atom stereocenters. The first-order chi connectivity index (χ1) is 13.6. The van der Waals surface area contributed by atoms with Gasteiger partial charge in [-0.15, -0.1) is 0 Å². The number of nitrogens with zero attached hydrogens (tertiary/aromatic N) is 2. The normalized spacial score (nSPS) is 24.8. The zero-order chi connectivity index (χ0) is 19.7. The molecular weight excluding hydrogens is 358 g/mol. The number of aromatic hydroxyl groups is 1. The van der Waals surface area contributed by atoms with E-state index in [0.717, 1.165) is 5.56 Å². The number of fused-ring (bicyclic) bond motifs is 1. The molecule has 2 heterocycles. The third kappa shape index (κ3) is 3.17. The summed E-state index contributed by atoms with van der Waals surface area (Å²) in [6, 6.07) is 15.6. The molecule has 7 heteroatoms. The molecule has 0 bridgehead atoms. The Morgan fingerprint density at radius 2 is 1.75 bits per heavy atom. The summed E-state index contributed by atoms with van der Waals surface area (Å²) in [6.45, 7) is 1.00. The number of carbonyl (C=O) groups excluding carboxylic acids is 2. The summed E-state index contributed by atoms with van der Waals surface area (Å²) in [5, 5.41) is 12.2. The van der Waals surface area contributed by atoms with Crippen molar-refractivity contribution in [2.45, 2.75) is 18.6 Å². The molecule has 2 N–H and O–H groups in total. The van der Waals surface area contributed by atoms with E-state index in [-0.39, 0.29) is 24.1 Å². The Bertz CT molecular complexity index is 873. The van der Waals surface area contributed by atoms with Gasteiger partial charge in [-0.1, -0.05) is 48.5 Å². The van der Waals surface area contributed by atoms with E-state index in [4.69, 9.17) is 4.74 Å². The van der Waals surface area contributed by atoms with Gasteiger partial charge in [-0.2, -0.15) is 0 Å². The highest BCUT2D eigenvalue weighted by molar-refractivity contribution is 6.08. The highest BCUT2D eigenvalue weighted by Gasteiger charge is 2.58. The summed E-state index contributed by atoms with van der Waals surface area (Å²) < 4.78 is 5.06. The van der Waals surface area contributed by atoms with E-state index < -0.39 is 18.0 Å². The van der Waals surface area contributed by atoms with Crippen LogP contribution in [0.25, 0.3) is 0 Å². The predicted octanol–water partition coefficient (Wildman–Crippen LogP) is 1.45. The summed E-state index contributed by atoms with van der Waals surface area (Å²) in [6.07, 6.45) is 0. The molecule has 0 aromatic heterocycles. The number of phenols is 1. The molecule has 2 saturated heterocycles. The monoisotopic (exact) mass is 381 g/mol. The minimum atomic E-state index is -0.617. The van der Waals surface area contributed by atoms with E-state index in [1.165, 1.54) is 4.90 Å². The number of benzene rings is 2. The molecule has 28 heavy (non-hydrogen) atoms. The number of amides is 2. The van der Waals surface area contributed by atoms with E-state index in [9.17, 15) is 14.7 Å². The molecule has 0 saturated carbocycles. The fourth-order valence-electron chi connectivity index (χ4n) is 4.07. The Hall–Kier alpha value is -2.74. The molecule has 0 spiro atoms. The SMILES string of the molecule is COCCN1C(=O)[C@@H]2[C@@H](c3ccccc3O)NN(Cc3ccccc3)[C@H]2C1=O. The van der Waals surface area contributed by atoms with Crippen LogP contribution in [-0.4, -0.2) is 53.1 Å². The fourth-order valence-corrected chi connectivity index (χ4v) is 4.07. The van der Waals surface area contributed by atoms with Crippen LogP contribution in [0.4, 0.5) is 0 Å². The topological polar surface area (TPSA) is 82.1 Å². The number of hydrazine groups is 1. The van der Waals surface area contributed by atoms with Crippen molar-refractivity contribution < 1.29 is 19.4 Å².